The zero-order chi connectivity index (χ0) is 25.6. The molecule has 0 atom stereocenters. The zero-order valence-electron chi connectivity index (χ0n) is 18.9. The van der Waals surface area contributed by atoms with Crippen molar-refractivity contribution < 1.29 is 19.7 Å². The van der Waals surface area contributed by atoms with Crippen molar-refractivity contribution in [1.82, 2.24) is 0 Å². The zero-order valence-corrected chi connectivity index (χ0v) is 22.0. The van der Waals surface area contributed by atoms with Crippen LogP contribution in [0.3, 0.4) is 0 Å². The summed E-state index contributed by atoms with van der Waals surface area (Å²) in [6, 6.07) is 14.2. The lowest BCUT2D eigenvalue weighted by molar-refractivity contribution is 0.0535. The predicted molar refractivity (Wildman–Crippen MR) is 140 cm³/mol. The molecule has 34 heavy (non-hydrogen) atoms. The minimum Gasteiger partial charge on any atom is -0.508 e. The number of carbonyl (C=O) groups excluding carboxylic acids is 1. The fourth-order valence-corrected chi connectivity index (χ4v) is 3.76. The molecule has 2 N–H and O–H groups in total. The average molecular weight is 546 g/mol. The number of fused-ring (bicyclic) bond motifs is 1. The number of phenolic OH excluding ortho intramolecular Hbond substituents is 2. The summed E-state index contributed by atoms with van der Waals surface area (Å²) in [7, 11) is 7.86. The number of aromatic hydroxyl groups is 2. The first kappa shape index (κ1) is 27.7. The number of hydrogen-bond acceptors (Lipinski definition) is 6. The van der Waals surface area contributed by atoms with Crippen LogP contribution >= 0.6 is 46.4 Å². The van der Waals surface area contributed by atoms with Crippen molar-refractivity contribution in [1.29, 1.82) is 0 Å². The minimum atomic E-state index is -0.523. The summed E-state index contributed by atoms with van der Waals surface area (Å²) in [6.07, 6.45) is 0. The number of esters is 1. The Kier molecular flexibility index (Phi) is 10.0. The Labute approximate surface area is 218 Å². The summed E-state index contributed by atoms with van der Waals surface area (Å²) >= 11 is 23.3. The summed E-state index contributed by atoms with van der Waals surface area (Å²) in [5, 5.41) is 18.4. The molecule has 0 aromatic heterocycles. The maximum atomic E-state index is 11.2. The topological polar surface area (TPSA) is 73.2 Å². The molecule has 0 radical (unpaired) electrons. The molecule has 0 fully saturated rings. The van der Waals surface area contributed by atoms with Crippen LogP contribution in [0.15, 0.2) is 48.5 Å². The Morgan fingerprint density at radius 1 is 0.676 bits per heavy atom. The first-order valence-electron chi connectivity index (χ1n) is 9.88. The number of carbonyl (C=O) groups is 1. The van der Waals surface area contributed by atoms with E-state index in [1.165, 1.54) is 0 Å². The molecule has 3 aromatic rings. The Morgan fingerprint density at radius 2 is 1.06 bits per heavy atom. The number of ether oxygens (including phenoxy) is 1. The molecule has 1 heterocycles. The van der Waals surface area contributed by atoms with Crippen LogP contribution in [0.4, 0.5) is 11.4 Å². The first-order valence-corrected chi connectivity index (χ1v) is 11.4. The van der Waals surface area contributed by atoms with Gasteiger partial charge in [0.25, 0.3) is 0 Å². The van der Waals surface area contributed by atoms with Crippen LogP contribution in [0, 0.1) is 0 Å². The molecule has 0 amide bonds. The van der Waals surface area contributed by atoms with Crippen molar-refractivity contribution in [3.63, 3.8) is 0 Å². The molecule has 0 spiro atoms. The molecule has 0 unspecified atom stereocenters. The van der Waals surface area contributed by atoms with Crippen molar-refractivity contribution in [3.05, 3.63) is 79.7 Å². The maximum Gasteiger partial charge on any atom is 0.340 e. The number of cyclic esters (lactones) is 1. The summed E-state index contributed by atoms with van der Waals surface area (Å²) in [5.74, 6) is 0.0988. The van der Waals surface area contributed by atoms with Crippen LogP contribution in [0.5, 0.6) is 11.5 Å². The van der Waals surface area contributed by atoms with Crippen molar-refractivity contribution in [3.8, 4) is 11.5 Å². The highest BCUT2D eigenvalue weighted by atomic mass is 35.5. The fourth-order valence-electron chi connectivity index (χ4n) is 2.74. The van der Waals surface area contributed by atoms with E-state index in [2.05, 4.69) is 0 Å². The summed E-state index contributed by atoms with van der Waals surface area (Å²) in [5.41, 5.74) is 2.90. The van der Waals surface area contributed by atoms with Crippen LogP contribution < -0.4 is 9.80 Å². The van der Waals surface area contributed by atoms with Crippen molar-refractivity contribution in [2.45, 2.75) is 6.61 Å². The first-order chi connectivity index (χ1) is 15.9. The van der Waals surface area contributed by atoms with Gasteiger partial charge in [-0.2, -0.15) is 0 Å². The Hall–Kier alpha value is -2.51. The van der Waals surface area contributed by atoms with E-state index in [0.717, 1.165) is 11.4 Å². The SMILES string of the molecule is CN(C)c1ccc(O)cc1.CN(C)c1ccc(O)cc1.O=C1OCc2c(Cl)c(Cl)c(Cl)c(Cl)c21. The monoisotopic (exact) mass is 544 g/mol. The second kappa shape index (κ2) is 12.3. The molecular formula is C24H24Cl4N2O4. The number of phenols is 2. The van der Waals surface area contributed by atoms with Crippen molar-refractivity contribution in [2.75, 3.05) is 38.0 Å². The van der Waals surface area contributed by atoms with Gasteiger partial charge in [-0.1, -0.05) is 46.4 Å². The van der Waals surface area contributed by atoms with Gasteiger partial charge in [0.2, 0.25) is 0 Å². The van der Waals surface area contributed by atoms with E-state index in [0.29, 0.717) is 17.1 Å². The van der Waals surface area contributed by atoms with Crippen LogP contribution in [-0.2, 0) is 11.3 Å². The van der Waals surface area contributed by atoms with Gasteiger partial charge in [-0.25, -0.2) is 4.79 Å². The second-order valence-corrected chi connectivity index (χ2v) is 9.02. The van der Waals surface area contributed by atoms with Gasteiger partial charge in [-0.05, 0) is 48.5 Å². The van der Waals surface area contributed by atoms with E-state index in [-0.39, 0.29) is 32.3 Å². The van der Waals surface area contributed by atoms with Gasteiger partial charge < -0.3 is 24.7 Å². The largest absolute Gasteiger partial charge is 0.508 e. The molecule has 10 heteroatoms. The van der Waals surface area contributed by atoms with Crippen molar-refractivity contribution in [2.24, 2.45) is 0 Å². The highest BCUT2D eigenvalue weighted by Crippen LogP contribution is 2.44. The molecule has 0 aliphatic carbocycles. The number of halogens is 4. The normalized spacial score (nSPS) is 11.4. The molecule has 0 saturated heterocycles. The third-order valence-electron chi connectivity index (χ3n) is 4.65. The van der Waals surface area contributed by atoms with Gasteiger partial charge in [-0.15, -0.1) is 0 Å². The highest BCUT2D eigenvalue weighted by Gasteiger charge is 2.30. The van der Waals surface area contributed by atoms with Crippen molar-refractivity contribution >= 4 is 63.7 Å². The molecular weight excluding hydrogens is 522 g/mol. The number of nitrogens with zero attached hydrogens (tertiary/aromatic N) is 2. The van der Waals surface area contributed by atoms with Gasteiger partial charge >= 0.3 is 5.97 Å². The third kappa shape index (κ3) is 7.00. The van der Waals surface area contributed by atoms with Crippen LogP contribution in [-0.4, -0.2) is 44.4 Å². The second-order valence-electron chi connectivity index (χ2n) is 7.51. The van der Waals surface area contributed by atoms with E-state index in [9.17, 15) is 4.79 Å². The summed E-state index contributed by atoms with van der Waals surface area (Å²) in [6.45, 7) is 0.0869. The van der Waals surface area contributed by atoms with E-state index in [1.54, 1.807) is 24.3 Å². The smallest absolute Gasteiger partial charge is 0.340 e. The van der Waals surface area contributed by atoms with Crippen LogP contribution in [0.2, 0.25) is 20.1 Å². The Balaban J connectivity index is 0.000000185. The molecule has 1 aliphatic rings. The number of rotatable bonds is 2. The van der Waals surface area contributed by atoms with Gasteiger partial charge in [0, 0.05) is 45.1 Å². The van der Waals surface area contributed by atoms with Crippen LogP contribution in [0.25, 0.3) is 0 Å². The quantitative estimate of drug-likeness (QED) is 0.207. The summed E-state index contributed by atoms with van der Waals surface area (Å²) < 4.78 is 4.77. The lowest BCUT2D eigenvalue weighted by Gasteiger charge is -2.11. The number of anilines is 2. The minimum absolute atomic E-state index is 0.0796. The molecule has 0 bridgehead atoms. The fraction of sp³-hybridized carbons (Fsp3) is 0.208. The van der Waals surface area contributed by atoms with E-state index in [4.69, 9.17) is 61.4 Å². The molecule has 3 aromatic carbocycles. The Bertz CT molecular complexity index is 1090. The lowest BCUT2D eigenvalue weighted by atomic mass is 10.1. The standard InChI is InChI=1S/C8H2Cl4O2.2C8H11NO/c9-4-2-1-14-8(13)3(2)5(10)7(12)6(4)11;2*1-9(2)7-3-5-8(10)6-4-7/h1H2;2*3-6,10H,1-2H3. The molecule has 182 valence electrons. The van der Waals surface area contributed by atoms with Gasteiger partial charge in [0.05, 0.1) is 25.7 Å². The van der Waals surface area contributed by atoms with E-state index in [1.807, 2.05) is 62.3 Å². The molecule has 4 rings (SSSR count). The predicted octanol–water partition coefficient (Wildman–Crippen LogP) is 6.89. The van der Waals surface area contributed by atoms with Gasteiger partial charge in [-0.3, -0.25) is 0 Å². The molecule has 6 nitrogen and oxygen atoms in total. The van der Waals surface area contributed by atoms with Gasteiger partial charge in [0.15, 0.2) is 0 Å². The Morgan fingerprint density at radius 3 is 1.44 bits per heavy atom. The maximum absolute atomic E-state index is 11.2. The molecule has 0 saturated carbocycles. The average Bonchev–Trinajstić information content (AvgIpc) is 3.19. The number of benzene rings is 3. The highest BCUT2D eigenvalue weighted by molar-refractivity contribution is 6.53. The van der Waals surface area contributed by atoms with Crippen LogP contribution in [0.1, 0.15) is 15.9 Å². The van der Waals surface area contributed by atoms with Gasteiger partial charge in [0.1, 0.15) is 18.1 Å². The lowest BCUT2D eigenvalue weighted by Crippen LogP contribution is -2.07. The summed E-state index contributed by atoms with van der Waals surface area (Å²) in [4.78, 5) is 15.2. The molecule has 1 aliphatic heterocycles. The third-order valence-corrected chi connectivity index (χ3v) is 6.49. The number of hydrogen-bond donors (Lipinski definition) is 2. The van der Waals surface area contributed by atoms with E-state index < -0.39 is 5.97 Å². The van der Waals surface area contributed by atoms with E-state index >= 15 is 0 Å².